The maximum atomic E-state index is 12.2. The summed E-state index contributed by atoms with van der Waals surface area (Å²) in [7, 11) is 0. The van der Waals surface area contributed by atoms with Gasteiger partial charge in [0.15, 0.2) is 5.78 Å². The molecule has 108 valence electrons. The average Bonchev–Trinajstić information content (AvgIpc) is 2.48. The number of benzene rings is 1. The number of amides is 1. The Morgan fingerprint density at radius 1 is 1.15 bits per heavy atom. The standard InChI is InChI=1S/C16H22N2O2/c1-11(19)13-6-8-15(9-7-13)18-16(20)14-4-2-12(10-17)3-5-14/h6-9,12,14H,2-5,10,17H2,1H3,(H,18,20). The van der Waals surface area contributed by atoms with Crippen LogP contribution in [0.1, 0.15) is 43.0 Å². The summed E-state index contributed by atoms with van der Waals surface area (Å²) < 4.78 is 0. The van der Waals surface area contributed by atoms with Gasteiger partial charge >= 0.3 is 0 Å². The third-order valence-corrected chi connectivity index (χ3v) is 4.11. The zero-order valence-corrected chi connectivity index (χ0v) is 11.9. The second-order valence-electron chi connectivity index (χ2n) is 5.58. The lowest BCUT2D eigenvalue weighted by atomic mass is 9.81. The SMILES string of the molecule is CC(=O)c1ccc(NC(=O)C2CCC(CN)CC2)cc1. The minimum Gasteiger partial charge on any atom is -0.330 e. The van der Waals surface area contributed by atoms with Crippen molar-refractivity contribution in [2.75, 3.05) is 11.9 Å². The van der Waals surface area contributed by atoms with Crippen LogP contribution in [0.3, 0.4) is 0 Å². The second-order valence-corrected chi connectivity index (χ2v) is 5.58. The number of carbonyl (C=O) groups excluding carboxylic acids is 2. The van der Waals surface area contributed by atoms with Gasteiger partial charge in [0.2, 0.25) is 5.91 Å². The van der Waals surface area contributed by atoms with E-state index in [9.17, 15) is 9.59 Å². The molecule has 1 amide bonds. The smallest absolute Gasteiger partial charge is 0.227 e. The summed E-state index contributed by atoms with van der Waals surface area (Å²) >= 11 is 0. The fraction of sp³-hybridized carbons (Fsp3) is 0.500. The van der Waals surface area contributed by atoms with Gasteiger partial charge in [-0.25, -0.2) is 0 Å². The molecule has 1 aromatic carbocycles. The van der Waals surface area contributed by atoms with Gasteiger partial charge in [0, 0.05) is 17.2 Å². The van der Waals surface area contributed by atoms with E-state index in [1.165, 1.54) is 6.92 Å². The Labute approximate surface area is 119 Å². The van der Waals surface area contributed by atoms with Gasteiger partial charge in [-0.3, -0.25) is 9.59 Å². The maximum absolute atomic E-state index is 12.2. The lowest BCUT2D eigenvalue weighted by Gasteiger charge is -2.26. The van der Waals surface area contributed by atoms with Crippen LogP contribution in [0.4, 0.5) is 5.69 Å². The second kappa shape index (κ2) is 6.66. The Balaban J connectivity index is 1.90. The van der Waals surface area contributed by atoms with Crippen molar-refractivity contribution in [2.24, 2.45) is 17.6 Å². The fourth-order valence-corrected chi connectivity index (χ4v) is 2.69. The van der Waals surface area contributed by atoms with Crippen molar-refractivity contribution >= 4 is 17.4 Å². The molecule has 0 saturated heterocycles. The summed E-state index contributed by atoms with van der Waals surface area (Å²) in [6.07, 6.45) is 3.91. The van der Waals surface area contributed by atoms with Crippen molar-refractivity contribution < 1.29 is 9.59 Å². The van der Waals surface area contributed by atoms with Crippen LogP contribution in [0.25, 0.3) is 0 Å². The van der Waals surface area contributed by atoms with E-state index in [4.69, 9.17) is 5.73 Å². The summed E-state index contributed by atoms with van der Waals surface area (Å²) in [5.41, 5.74) is 7.07. The van der Waals surface area contributed by atoms with Crippen molar-refractivity contribution in [1.82, 2.24) is 0 Å². The fourth-order valence-electron chi connectivity index (χ4n) is 2.69. The van der Waals surface area contributed by atoms with E-state index in [0.29, 0.717) is 11.5 Å². The molecular weight excluding hydrogens is 252 g/mol. The molecule has 0 bridgehead atoms. The number of hydrogen-bond donors (Lipinski definition) is 2. The molecule has 3 N–H and O–H groups in total. The van der Waals surface area contributed by atoms with Gasteiger partial charge in [0.25, 0.3) is 0 Å². The van der Waals surface area contributed by atoms with Crippen LogP contribution in [-0.2, 0) is 4.79 Å². The van der Waals surface area contributed by atoms with Crippen molar-refractivity contribution in [2.45, 2.75) is 32.6 Å². The first-order valence-electron chi connectivity index (χ1n) is 7.22. The summed E-state index contributed by atoms with van der Waals surface area (Å²) in [6, 6.07) is 7.03. The predicted octanol–water partition coefficient (Wildman–Crippen LogP) is 2.59. The monoisotopic (exact) mass is 274 g/mol. The topological polar surface area (TPSA) is 72.2 Å². The summed E-state index contributed by atoms with van der Waals surface area (Å²) in [5, 5.41) is 2.93. The van der Waals surface area contributed by atoms with E-state index in [1.54, 1.807) is 24.3 Å². The van der Waals surface area contributed by atoms with Crippen molar-refractivity contribution in [1.29, 1.82) is 0 Å². The molecule has 4 nitrogen and oxygen atoms in total. The van der Waals surface area contributed by atoms with Crippen LogP contribution in [0.5, 0.6) is 0 Å². The normalized spacial score (nSPS) is 22.3. The number of rotatable bonds is 4. The number of Topliss-reactive ketones (excluding diaryl/α,β-unsaturated/α-hetero) is 1. The van der Waals surface area contributed by atoms with E-state index in [-0.39, 0.29) is 17.6 Å². The maximum Gasteiger partial charge on any atom is 0.227 e. The lowest BCUT2D eigenvalue weighted by Crippen LogP contribution is -2.29. The Hall–Kier alpha value is -1.68. The van der Waals surface area contributed by atoms with E-state index in [1.807, 2.05) is 0 Å². The van der Waals surface area contributed by atoms with Crippen molar-refractivity contribution in [3.63, 3.8) is 0 Å². The number of nitrogens with two attached hydrogens (primary N) is 1. The highest BCUT2D eigenvalue weighted by atomic mass is 16.2. The van der Waals surface area contributed by atoms with Crippen LogP contribution in [0.2, 0.25) is 0 Å². The number of carbonyl (C=O) groups is 2. The van der Waals surface area contributed by atoms with Crippen molar-refractivity contribution in [3.05, 3.63) is 29.8 Å². The Morgan fingerprint density at radius 3 is 2.25 bits per heavy atom. The van der Waals surface area contributed by atoms with Crippen LogP contribution in [-0.4, -0.2) is 18.2 Å². The molecule has 20 heavy (non-hydrogen) atoms. The quantitative estimate of drug-likeness (QED) is 0.829. The minimum absolute atomic E-state index is 0.0305. The zero-order valence-electron chi connectivity index (χ0n) is 11.9. The summed E-state index contributed by atoms with van der Waals surface area (Å²) in [4.78, 5) is 23.4. The first-order chi connectivity index (χ1) is 9.60. The van der Waals surface area contributed by atoms with Gasteiger partial charge in [-0.1, -0.05) is 0 Å². The number of hydrogen-bond acceptors (Lipinski definition) is 3. The van der Waals surface area contributed by atoms with E-state index < -0.39 is 0 Å². The molecule has 0 spiro atoms. The van der Waals surface area contributed by atoms with Gasteiger partial charge in [-0.15, -0.1) is 0 Å². The highest BCUT2D eigenvalue weighted by molar-refractivity contribution is 5.96. The molecule has 1 aromatic rings. The highest BCUT2D eigenvalue weighted by Gasteiger charge is 2.25. The zero-order chi connectivity index (χ0) is 14.5. The first-order valence-corrected chi connectivity index (χ1v) is 7.22. The molecular formula is C16H22N2O2. The number of ketones is 1. The van der Waals surface area contributed by atoms with Gasteiger partial charge in [-0.05, 0) is 69.3 Å². The van der Waals surface area contributed by atoms with Crippen LogP contribution in [0.15, 0.2) is 24.3 Å². The molecule has 0 atom stereocenters. The number of nitrogens with one attached hydrogen (secondary N) is 1. The number of anilines is 1. The molecule has 2 rings (SSSR count). The molecule has 1 saturated carbocycles. The Bertz CT molecular complexity index is 474. The van der Waals surface area contributed by atoms with Crippen LogP contribution in [0, 0.1) is 11.8 Å². The average molecular weight is 274 g/mol. The third kappa shape index (κ3) is 3.67. The van der Waals surface area contributed by atoms with Gasteiger partial charge < -0.3 is 11.1 Å². The summed E-state index contributed by atoms with van der Waals surface area (Å²) in [5.74, 6) is 0.776. The highest BCUT2D eigenvalue weighted by Crippen LogP contribution is 2.29. The van der Waals surface area contributed by atoms with Gasteiger partial charge in [0.1, 0.15) is 0 Å². The van der Waals surface area contributed by atoms with Crippen LogP contribution < -0.4 is 11.1 Å². The largest absolute Gasteiger partial charge is 0.330 e. The molecule has 1 fully saturated rings. The molecule has 0 aliphatic heterocycles. The molecule has 0 heterocycles. The minimum atomic E-state index is 0.0305. The summed E-state index contributed by atoms with van der Waals surface area (Å²) in [6.45, 7) is 2.25. The molecule has 0 aromatic heterocycles. The Kier molecular flexibility index (Phi) is 4.90. The van der Waals surface area contributed by atoms with E-state index in [2.05, 4.69) is 5.32 Å². The predicted molar refractivity (Wildman–Crippen MR) is 79.6 cm³/mol. The molecule has 4 heteroatoms. The van der Waals surface area contributed by atoms with E-state index in [0.717, 1.165) is 37.9 Å². The molecule has 1 aliphatic rings. The van der Waals surface area contributed by atoms with Gasteiger partial charge in [0.05, 0.1) is 0 Å². The van der Waals surface area contributed by atoms with Gasteiger partial charge in [-0.2, -0.15) is 0 Å². The Morgan fingerprint density at radius 2 is 1.75 bits per heavy atom. The first kappa shape index (κ1) is 14.7. The third-order valence-electron chi connectivity index (χ3n) is 4.11. The van der Waals surface area contributed by atoms with Crippen LogP contribution >= 0.6 is 0 Å². The lowest BCUT2D eigenvalue weighted by molar-refractivity contribution is -0.121. The van der Waals surface area contributed by atoms with Crippen molar-refractivity contribution in [3.8, 4) is 0 Å². The molecule has 1 aliphatic carbocycles. The molecule has 0 unspecified atom stereocenters. The van der Waals surface area contributed by atoms with E-state index >= 15 is 0 Å². The molecule has 0 radical (unpaired) electrons.